The lowest BCUT2D eigenvalue weighted by atomic mass is 9.86. The highest BCUT2D eigenvalue weighted by Gasteiger charge is 2.62. The molecular formula is C26H23BrF3N5O6. The van der Waals surface area contributed by atoms with Crippen LogP contribution in [-0.2, 0) is 9.47 Å². The van der Waals surface area contributed by atoms with Crippen molar-refractivity contribution < 1.29 is 42.8 Å². The molecule has 11 nitrogen and oxygen atoms in total. The summed E-state index contributed by atoms with van der Waals surface area (Å²) in [6, 6.07) is 4.62. The number of amides is 1. The standard InChI is InChI=1S/C26H23BrF3N5O6/c27-13-2-1-3-16-20(13)12(8-31-16)25(39)32-19-4-5-40-26(19)24(38)22(23(37)18(10-36)41-26)35-9-17(33-34-35)11-6-14(28)21(30)15(29)7-11/h1-3,6-9,18-19,22-24,31,36-38H,4-5,10H2,(H,32,39)/t18-,19-,22+,23+,24-,26+/m1/s1. The fourth-order valence-corrected chi connectivity index (χ4v) is 6.08. The summed E-state index contributed by atoms with van der Waals surface area (Å²) in [5, 5.41) is 43.9. The molecule has 0 radical (unpaired) electrons. The lowest BCUT2D eigenvalue weighted by Gasteiger charge is -2.49. The zero-order valence-electron chi connectivity index (χ0n) is 21.0. The van der Waals surface area contributed by atoms with Crippen LogP contribution in [0.25, 0.3) is 22.2 Å². The minimum absolute atomic E-state index is 0.0668. The van der Waals surface area contributed by atoms with Gasteiger partial charge in [0.1, 0.15) is 30.0 Å². The third-order valence-corrected chi connectivity index (χ3v) is 8.16. The van der Waals surface area contributed by atoms with E-state index >= 15 is 0 Å². The van der Waals surface area contributed by atoms with Crippen LogP contribution in [0, 0.1) is 17.5 Å². The van der Waals surface area contributed by atoms with E-state index < -0.39 is 66.1 Å². The minimum Gasteiger partial charge on any atom is -0.394 e. The number of rotatable bonds is 5. The van der Waals surface area contributed by atoms with E-state index in [1.54, 1.807) is 12.3 Å². The number of carbonyl (C=O) groups excluding carboxylic acids is 1. The number of aromatic nitrogens is 4. The molecule has 4 aromatic rings. The maximum Gasteiger partial charge on any atom is 0.253 e. The van der Waals surface area contributed by atoms with Crippen LogP contribution >= 0.6 is 15.9 Å². The molecule has 0 bridgehead atoms. The van der Waals surface area contributed by atoms with Crippen molar-refractivity contribution in [2.75, 3.05) is 13.2 Å². The summed E-state index contributed by atoms with van der Waals surface area (Å²) in [4.78, 5) is 16.4. The maximum atomic E-state index is 13.8. The van der Waals surface area contributed by atoms with Crippen molar-refractivity contribution >= 4 is 32.7 Å². The number of nitrogens with one attached hydrogen (secondary N) is 2. The van der Waals surface area contributed by atoms with Gasteiger partial charge in [-0.2, -0.15) is 0 Å². The Morgan fingerprint density at radius 2 is 2.00 bits per heavy atom. The number of hydrogen-bond donors (Lipinski definition) is 5. The molecule has 2 fully saturated rings. The zero-order chi connectivity index (χ0) is 29.1. The largest absolute Gasteiger partial charge is 0.394 e. The second-order valence-corrected chi connectivity index (χ2v) is 10.7. The van der Waals surface area contributed by atoms with Gasteiger partial charge in [0.15, 0.2) is 17.5 Å². The second-order valence-electron chi connectivity index (χ2n) is 9.85. The van der Waals surface area contributed by atoms with E-state index in [2.05, 4.69) is 36.5 Å². The van der Waals surface area contributed by atoms with Crippen LogP contribution in [0.1, 0.15) is 22.8 Å². The second kappa shape index (κ2) is 10.5. The predicted molar refractivity (Wildman–Crippen MR) is 139 cm³/mol. The van der Waals surface area contributed by atoms with E-state index in [9.17, 15) is 33.3 Å². The number of fused-ring (bicyclic) bond motifs is 1. The summed E-state index contributed by atoms with van der Waals surface area (Å²) < 4.78 is 54.6. The number of hydrogen-bond acceptors (Lipinski definition) is 8. The highest BCUT2D eigenvalue weighted by atomic mass is 79.9. The topological polar surface area (TPSA) is 155 Å². The molecule has 15 heteroatoms. The van der Waals surface area contributed by atoms with Crippen LogP contribution in [0.5, 0.6) is 0 Å². The monoisotopic (exact) mass is 637 g/mol. The number of carbonyl (C=O) groups is 1. The predicted octanol–water partition coefficient (Wildman–Crippen LogP) is 2.18. The molecule has 2 aromatic heterocycles. The molecule has 6 rings (SSSR count). The molecule has 1 spiro atoms. The first kappa shape index (κ1) is 27.8. The zero-order valence-corrected chi connectivity index (χ0v) is 22.6. The van der Waals surface area contributed by atoms with Gasteiger partial charge in [0.05, 0.1) is 31.0 Å². The van der Waals surface area contributed by atoms with E-state index in [1.807, 2.05) is 12.1 Å². The van der Waals surface area contributed by atoms with Crippen molar-refractivity contribution in [2.45, 2.75) is 42.6 Å². The van der Waals surface area contributed by atoms with Crippen LogP contribution < -0.4 is 5.32 Å². The summed E-state index contributed by atoms with van der Waals surface area (Å²) in [6.45, 7) is -0.612. The van der Waals surface area contributed by atoms with Gasteiger partial charge in [0.25, 0.3) is 5.91 Å². The molecule has 0 aliphatic carbocycles. The van der Waals surface area contributed by atoms with Crippen molar-refractivity contribution in [3.63, 3.8) is 0 Å². The molecule has 0 saturated carbocycles. The Labute approximate surface area is 238 Å². The Morgan fingerprint density at radius 3 is 2.73 bits per heavy atom. The lowest BCUT2D eigenvalue weighted by Crippen LogP contribution is -2.69. The molecule has 2 aliphatic heterocycles. The van der Waals surface area contributed by atoms with Gasteiger partial charge < -0.3 is 35.1 Å². The molecule has 0 unspecified atom stereocenters. The average Bonchev–Trinajstić information content (AvgIpc) is 3.69. The van der Waals surface area contributed by atoms with Crippen LogP contribution in [0.15, 0.2) is 47.2 Å². The first-order valence-corrected chi connectivity index (χ1v) is 13.4. The molecule has 4 heterocycles. The van der Waals surface area contributed by atoms with Crippen LogP contribution in [0.2, 0.25) is 0 Å². The van der Waals surface area contributed by atoms with Crippen molar-refractivity contribution in [1.82, 2.24) is 25.3 Å². The van der Waals surface area contributed by atoms with E-state index in [0.717, 1.165) is 22.3 Å². The smallest absolute Gasteiger partial charge is 0.253 e. The van der Waals surface area contributed by atoms with Gasteiger partial charge in [0.2, 0.25) is 5.79 Å². The quantitative estimate of drug-likeness (QED) is 0.209. The highest BCUT2D eigenvalue weighted by molar-refractivity contribution is 9.10. The third-order valence-electron chi connectivity index (χ3n) is 7.50. The first-order valence-electron chi connectivity index (χ1n) is 12.6. The minimum atomic E-state index is -1.91. The number of halogens is 4. The summed E-state index contributed by atoms with van der Waals surface area (Å²) >= 11 is 3.45. The van der Waals surface area contributed by atoms with Crippen molar-refractivity contribution in [1.29, 1.82) is 0 Å². The number of H-pyrrole nitrogens is 1. The van der Waals surface area contributed by atoms with E-state index in [1.165, 1.54) is 6.20 Å². The molecule has 216 valence electrons. The molecule has 2 aromatic carbocycles. The number of ether oxygens (including phenoxy) is 2. The Balaban J connectivity index is 1.32. The third kappa shape index (κ3) is 4.52. The lowest BCUT2D eigenvalue weighted by molar-refractivity contribution is -0.344. The van der Waals surface area contributed by atoms with E-state index in [0.29, 0.717) is 15.4 Å². The van der Waals surface area contributed by atoms with Crippen LogP contribution in [0.3, 0.4) is 0 Å². The Morgan fingerprint density at radius 1 is 1.24 bits per heavy atom. The van der Waals surface area contributed by atoms with Crippen LogP contribution in [0.4, 0.5) is 13.2 Å². The number of nitrogens with zero attached hydrogens (tertiary/aromatic N) is 3. The fourth-order valence-electron chi connectivity index (χ4n) is 5.50. The van der Waals surface area contributed by atoms with E-state index in [4.69, 9.17) is 9.47 Å². The van der Waals surface area contributed by atoms with Gasteiger partial charge in [0, 0.05) is 27.1 Å². The highest BCUT2D eigenvalue weighted by Crippen LogP contribution is 2.43. The van der Waals surface area contributed by atoms with Gasteiger partial charge in [-0.15, -0.1) is 5.10 Å². The molecule has 41 heavy (non-hydrogen) atoms. The van der Waals surface area contributed by atoms with Gasteiger partial charge in [-0.25, -0.2) is 17.9 Å². The fraction of sp³-hybridized carbons (Fsp3) is 0.346. The normalized spacial score (nSPS) is 28.0. The van der Waals surface area contributed by atoms with Crippen molar-refractivity contribution in [3.8, 4) is 11.3 Å². The summed E-state index contributed by atoms with van der Waals surface area (Å²) in [5.74, 6) is -6.90. The van der Waals surface area contributed by atoms with Gasteiger partial charge in [-0.05, 0) is 30.7 Å². The molecule has 2 aliphatic rings. The van der Waals surface area contributed by atoms with Crippen molar-refractivity contribution in [3.05, 3.63) is 70.2 Å². The van der Waals surface area contributed by atoms with Gasteiger partial charge in [-0.3, -0.25) is 4.79 Å². The van der Waals surface area contributed by atoms with Gasteiger partial charge >= 0.3 is 0 Å². The number of benzene rings is 2. The SMILES string of the molecule is O=C(N[C@@H]1CCO[C@]12O[C@H](CO)[C@H](O)[C@H](n1cc(-c3cc(F)c(F)c(F)c3)nn1)[C@H]2O)c1c[nH]c2cccc(Br)c12. The molecule has 2 saturated heterocycles. The summed E-state index contributed by atoms with van der Waals surface area (Å²) in [7, 11) is 0. The average molecular weight is 638 g/mol. The number of aliphatic hydroxyl groups is 3. The van der Waals surface area contributed by atoms with Crippen LogP contribution in [-0.4, -0.2) is 84.6 Å². The Kier molecular flexibility index (Phi) is 7.12. The Bertz CT molecular complexity index is 1610. The Hall–Kier alpha value is -3.34. The molecule has 6 atom stereocenters. The van der Waals surface area contributed by atoms with Crippen molar-refractivity contribution in [2.24, 2.45) is 0 Å². The maximum absolute atomic E-state index is 13.8. The molecule has 1 amide bonds. The van der Waals surface area contributed by atoms with E-state index in [-0.39, 0.29) is 24.3 Å². The summed E-state index contributed by atoms with van der Waals surface area (Å²) in [5.41, 5.74) is 0.840. The first-order chi connectivity index (χ1) is 19.6. The molecular weight excluding hydrogens is 615 g/mol. The number of aromatic amines is 1. The number of aliphatic hydroxyl groups excluding tert-OH is 3. The molecule has 5 N–H and O–H groups in total. The summed E-state index contributed by atoms with van der Waals surface area (Å²) in [6.07, 6.45) is -1.52. The van der Waals surface area contributed by atoms with Gasteiger partial charge in [-0.1, -0.05) is 27.2 Å².